The Bertz CT molecular complexity index is 616. The largest absolute Gasteiger partial charge is 0.481 e. The summed E-state index contributed by atoms with van der Waals surface area (Å²) in [6.45, 7) is 4.55. The van der Waals surface area contributed by atoms with Crippen molar-refractivity contribution in [2.24, 2.45) is 23.7 Å². The van der Waals surface area contributed by atoms with Crippen molar-refractivity contribution in [1.82, 2.24) is 5.32 Å². The van der Waals surface area contributed by atoms with Crippen LogP contribution in [0.2, 0.25) is 0 Å². The van der Waals surface area contributed by atoms with Gasteiger partial charge in [-0.25, -0.2) is 0 Å². The van der Waals surface area contributed by atoms with Crippen LogP contribution >= 0.6 is 11.3 Å². The van der Waals surface area contributed by atoms with Crippen LogP contribution in [0.5, 0.6) is 0 Å². The van der Waals surface area contributed by atoms with Gasteiger partial charge in [0.1, 0.15) is 0 Å². The maximum atomic E-state index is 12.6. The molecule has 0 aromatic carbocycles. The molecule has 1 amide bonds. The van der Waals surface area contributed by atoms with Gasteiger partial charge in [-0.15, -0.1) is 11.3 Å². The molecular weight excluding hydrogens is 298 g/mol. The zero-order valence-corrected chi connectivity index (χ0v) is 13.7. The second kappa shape index (κ2) is 5.88. The quantitative estimate of drug-likeness (QED) is 0.838. The minimum Gasteiger partial charge on any atom is -0.481 e. The summed E-state index contributed by atoms with van der Waals surface area (Å²) in [4.78, 5) is 25.4. The number of aliphatic carboxylic acids is 1. The molecule has 2 aliphatic carbocycles. The molecule has 0 spiro atoms. The van der Waals surface area contributed by atoms with E-state index in [1.54, 1.807) is 11.3 Å². The normalized spacial score (nSPS) is 29.6. The van der Waals surface area contributed by atoms with Crippen LogP contribution in [-0.4, -0.2) is 17.0 Å². The zero-order chi connectivity index (χ0) is 15.9. The third kappa shape index (κ3) is 2.47. The van der Waals surface area contributed by atoms with Gasteiger partial charge in [-0.2, -0.15) is 0 Å². The highest BCUT2D eigenvalue weighted by Crippen LogP contribution is 2.57. The molecule has 3 rings (SSSR count). The smallest absolute Gasteiger partial charge is 0.307 e. The number of hydrogen-bond acceptors (Lipinski definition) is 3. The third-order valence-electron chi connectivity index (χ3n) is 5.02. The first-order valence-electron chi connectivity index (χ1n) is 7.71. The van der Waals surface area contributed by atoms with Gasteiger partial charge in [0.2, 0.25) is 5.91 Å². The van der Waals surface area contributed by atoms with Crippen LogP contribution in [0.4, 0.5) is 0 Å². The van der Waals surface area contributed by atoms with E-state index in [1.165, 1.54) is 11.1 Å². The topological polar surface area (TPSA) is 66.4 Å². The lowest BCUT2D eigenvalue weighted by Gasteiger charge is -2.26. The Morgan fingerprint density at radius 2 is 1.95 bits per heavy atom. The lowest BCUT2D eigenvalue weighted by molar-refractivity contribution is -0.149. The van der Waals surface area contributed by atoms with E-state index >= 15 is 0 Å². The first-order valence-corrected chi connectivity index (χ1v) is 8.58. The van der Waals surface area contributed by atoms with Crippen molar-refractivity contribution in [1.29, 1.82) is 0 Å². The van der Waals surface area contributed by atoms with Crippen molar-refractivity contribution >= 4 is 23.2 Å². The lowest BCUT2D eigenvalue weighted by atomic mass is 9.79. The van der Waals surface area contributed by atoms with Gasteiger partial charge >= 0.3 is 5.97 Å². The van der Waals surface area contributed by atoms with Crippen LogP contribution in [0.1, 0.15) is 31.6 Å². The predicted molar refractivity (Wildman–Crippen MR) is 85.4 cm³/mol. The van der Waals surface area contributed by atoms with E-state index in [-0.39, 0.29) is 17.7 Å². The molecule has 1 aromatic rings. The van der Waals surface area contributed by atoms with E-state index in [0.717, 1.165) is 17.7 Å². The zero-order valence-electron chi connectivity index (χ0n) is 12.8. The molecule has 2 saturated carbocycles. The molecule has 118 valence electrons. The van der Waals surface area contributed by atoms with Gasteiger partial charge in [-0.1, -0.05) is 17.2 Å². The number of rotatable bonds is 4. The van der Waals surface area contributed by atoms with Gasteiger partial charge in [0.15, 0.2) is 0 Å². The molecule has 5 heteroatoms. The fourth-order valence-corrected chi connectivity index (χ4v) is 4.95. The Morgan fingerprint density at radius 3 is 2.50 bits per heavy atom. The maximum absolute atomic E-state index is 12.6. The minimum absolute atomic E-state index is 0.0463. The summed E-state index contributed by atoms with van der Waals surface area (Å²) in [7, 11) is 0. The Hall–Kier alpha value is -1.62. The fraction of sp³-hybridized carbons (Fsp3) is 0.529. The van der Waals surface area contributed by atoms with Crippen LogP contribution in [0.15, 0.2) is 28.7 Å². The standard InChI is InChI=1S/C17H21NO3S/c1-9(2)13-11-5-6-12(13)15(17(20)21)14(11)16(19)18-8-10-4-3-7-22-10/h3-4,7,11-12,14-15H,5-6,8H2,1-2H3,(H,18,19)(H,20,21)/t11-,12-,14+,15+/m0/s1. The Morgan fingerprint density at radius 1 is 1.27 bits per heavy atom. The van der Waals surface area contributed by atoms with E-state index in [2.05, 4.69) is 5.32 Å². The molecule has 0 aliphatic heterocycles. The van der Waals surface area contributed by atoms with E-state index in [0.29, 0.717) is 6.54 Å². The molecular formula is C17H21NO3S. The Kier molecular flexibility index (Phi) is 4.08. The number of nitrogens with one attached hydrogen (secondary N) is 1. The number of carbonyl (C=O) groups is 2. The van der Waals surface area contributed by atoms with Crippen molar-refractivity contribution < 1.29 is 14.7 Å². The van der Waals surface area contributed by atoms with Crippen molar-refractivity contribution in [3.8, 4) is 0 Å². The van der Waals surface area contributed by atoms with E-state index in [1.807, 2.05) is 31.4 Å². The molecule has 2 fully saturated rings. The first kappa shape index (κ1) is 15.3. The molecule has 0 radical (unpaired) electrons. The lowest BCUT2D eigenvalue weighted by Crippen LogP contribution is -2.40. The van der Waals surface area contributed by atoms with Gasteiger partial charge in [0, 0.05) is 4.88 Å². The fourth-order valence-electron chi connectivity index (χ4n) is 4.31. The molecule has 1 aromatic heterocycles. The number of carboxylic acid groups (broad SMARTS) is 1. The van der Waals surface area contributed by atoms with Crippen LogP contribution in [-0.2, 0) is 16.1 Å². The van der Waals surface area contributed by atoms with Crippen molar-refractivity contribution in [2.75, 3.05) is 0 Å². The van der Waals surface area contributed by atoms with E-state index in [9.17, 15) is 14.7 Å². The van der Waals surface area contributed by atoms with Crippen LogP contribution < -0.4 is 5.32 Å². The average molecular weight is 319 g/mol. The second-order valence-corrected chi connectivity index (χ2v) is 7.46. The summed E-state index contributed by atoms with van der Waals surface area (Å²) in [5.41, 5.74) is 2.41. The highest BCUT2D eigenvalue weighted by molar-refractivity contribution is 7.09. The molecule has 4 atom stereocenters. The van der Waals surface area contributed by atoms with Crippen LogP contribution in [0.3, 0.4) is 0 Å². The van der Waals surface area contributed by atoms with Crippen LogP contribution in [0, 0.1) is 23.7 Å². The highest BCUT2D eigenvalue weighted by Gasteiger charge is 2.57. The number of fused-ring (bicyclic) bond motifs is 2. The molecule has 22 heavy (non-hydrogen) atoms. The van der Waals surface area contributed by atoms with Crippen molar-refractivity contribution in [3.63, 3.8) is 0 Å². The molecule has 1 heterocycles. The second-order valence-electron chi connectivity index (χ2n) is 6.43. The number of thiophene rings is 1. The van der Waals surface area contributed by atoms with E-state index < -0.39 is 17.8 Å². The molecule has 2 aliphatic rings. The molecule has 0 saturated heterocycles. The summed E-state index contributed by atoms with van der Waals surface area (Å²) in [5.74, 6) is -1.76. The summed E-state index contributed by atoms with van der Waals surface area (Å²) in [6.07, 6.45) is 1.84. The number of hydrogen-bond donors (Lipinski definition) is 2. The summed E-state index contributed by atoms with van der Waals surface area (Å²) < 4.78 is 0. The van der Waals surface area contributed by atoms with Gasteiger partial charge < -0.3 is 10.4 Å². The maximum Gasteiger partial charge on any atom is 0.307 e. The highest BCUT2D eigenvalue weighted by atomic mass is 32.1. The van der Waals surface area contributed by atoms with Gasteiger partial charge in [0.25, 0.3) is 0 Å². The minimum atomic E-state index is -0.831. The summed E-state index contributed by atoms with van der Waals surface area (Å²) in [5, 5.41) is 14.5. The molecule has 2 bridgehead atoms. The average Bonchev–Trinajstić information content (AvgIpc) is 3.17. The number of carboxylic acids is 1. The third-order valence-corrected chi connectivity index (χ3v) is 5.90. The predicted octanol–water partition coefficient (Wildman–Crippen LogP) is 3.06. The van der Waals surface area contributed by atoms with Gasteiger partial charge in [0.05, 0.1) is 18.4 Å². The molecule has 4 nitrogen and oxygen atoms in total. The van der Waals surface area contributed by atoms with Gasteiger partial charge in [-0.3, -0.25) is 9.59 Å². The Balaban J connectivity index is 1.80. The summed E-state index contributed by atoms with van der Waals surface area (Å²) >= 11 is 1.59. The van der Waals surface area contributed by atoms with Crippen molar-refractivity contribution in [3.05, 3.63) is 33.5 Å². The molecule has 2 N–H and O–H groups in total. The van der Waals surface area contributed by atoms with Crippen molar-refractivity contribution in [2.45, 2.75) is 33.2 Å². The molecule has 0 unspecified atom stereocenters. The SMILES string of the molecule is CC(C)=C1[C@@H]2CC[C@@H]1[C@@H](C(=O)NCc1cccs1)[C@@H]2C(=O)O. The van der Waals surface area contributed by atoms with Crippen LogP contribution in [0.25, 0.3) is 0 Å². The van der Waals surface area contributed by atoms with E-state index in [4.69, 9.17) is 0 Å². The first-order chi connectivity index (χ1) is 10.5. The number of allylic oxidation sites excluding steroid dienone is 2. The number of amides is 1. The number of carbonyl (C=O) groups excluding carboxylic acids is 1. The summed E-state index contributed by atoms with van der Waals surface area (Å²) in [6, 6.07) is 3.92. The Labute approximate surface area is 134 Å². The monoisotopic (exact) mass is 319 g/mol. The van der Waals surface area contributed by atoms with Gasteiger partial charge in [-0.05, 0) is 50.0 Å².